The van der Waals surface area contributed by atoms with Gasteiger partial charge < -0.3 is 9.84 Å². The number of hydrogen-bond acceptors (Lipinski definition) is 3. The maximum absolute atomic E-state index is 12.6. The fourth-order valence-corrected chi connectivity index (χ4v) is 5.64. The van der Waals surface area contributed by atoms with E-state index in [0.717, 1.165) is 32.1 Å². The van der Waals surface area contributed by atoms with Crippen molar-refractivity contribution in [2.45, 2.75) is 162 Å². The number of carboxylic acids is 1. The highest BCUT2D eigenvalue weighted by Gasteiger charge is 2.21. The van der Waals surface area contributed by atoms with Crippen molar-refractivity contribution >= 4 is 11.9 Å². The van der Waals surface area contributed by atoms with Crippen molar-refractivity contribution < 1.29 is 19.4 Å². The second-order valence-corrected chi connectivity index (χ2v) is 12.1. The Labute approximate surface area is 247 Å². The van der Waals surface area contributed by atoms with Gasteiger partial charge in [-0.1, -0.05) is 147 Å². The smallest absolute Gasteiger partial charge is 0.308 e. The van der Waals surface area contributed by atoms with Gasteiger partial charge in [0.25, 0.3) is 0 Å². The molecule has 0 bridgehead atoms. The molecule has 0 aliphatic heterocycles. The molecule has 1 aromatic rings. The van der Waals surface area contributed by atoms with Crippen LogP contribution in [0.2, 0.25) is 0 Å². The van der Waals surface area contributed by atoms with Crippen LogP contribution in [0.25, 0.3) is 0 Å². The van der Waals surface area contributed by atoms with E-state index >= 15 is 0 Å². The molecule has 0 aliphatic carbocycles. The monoisotopic (exact) mass is 558 g/mol. The van der Waals surface area contributed by atoms with Crippen molar-refractivity contribution in [3.8, 4) is 0 Å². The molecular weight excluding hydrogens is 496 g/mol. The lowest BCUT2D eigenvalue weighted by Gasteiger charge is -2.21. The summed E-state index contributed by atoms with van der Waals surface area (Å²) in [5.74, 6) is -0.961. The minimum atomic E-state index is -0.708. The number of aliphatic carboxylic acids is 1. The molecule has 0 spiro atoms. The molecule has 3 atom stereocenters. The maximum Gasteiger partial charge on any atom is 0.308 e. The van der Waals surface area contributed by atoms with Crippen LogP contribution in [0.5, 0.6) is 0 Å². The van der Waals surface area contributed by atoms with Gasteiger partial charge in [0.1, 0.15) is 0 Å². The van der Waals surface area contributed by atoms with Crippen molar-refractivity contribution in [2.24, 2.45) is 11.8 Å². The van der Waals surface area contributed by atoms with Crippen molar-refractivity contribution in [2.75, 3.05) is 6.61 Å². The summed E-state index contributed by atoms with van der Waals surface area (Å²) >= 11 is 0. The molecule has 0 radical (unpaired) electrons. The summed E-state index contributed by atoms with van der Waals surface area (Å²) in [5.41, 5.74) is 1.23. The van der Waals surface area contributed by atoms with Gasteiger partial charge in [-0.05, 0) is 50.0 Å². The fourth-order valence-electron chi connectivity index (χ4n) is 5.64. The van der Waals surface area contributed by atoms with Gasteiger partial charge >= 0.3 is 11.9 Å². The normalized spacial score (nSPS) is 13.6. The van der Waals surface area contributed by atoms with Crippen LogP contribution < -0.4 is 0 Å². The van der Waals surface area contributed by atoms with Crippen LogP contribution in [0, 0.1) is 11.8 Å². The number of unbranched alkanes of at least 4 members (excludes halogenated alkanes) is 15. The minimum absolute atomic E-state index is 0.0928. The van der Waals surface area contributed by atoms with Gasteiger partial charge in [0.15, 0.2) is 0 Å². The molecule has 1 rings (SSSR count). The van der Waals surface area contributed by atoms with E-state index in [2.05, 4.69) is 19.1 Å². The molecule has 3 unspecified atom stereocenters. The van der Waals surface area contributed by atoms with E-state index in [-0.39, 0.29) is 23.7 Å². The fraction of sp³-hybridized carbons (Fsp3) is 0.778. The van der Waals surface area contributed by atoms with Gasteiger partial charge in [-0.2, -0.15) is 0 Å². The lowest BCUT2D eigenvalue weighted by Crippen LogP contribution is -2.17. The van der Waals surface area contributed by atoms with Gasteiger partial charge in [-0.15, -0.1) is 0 Å². The summed E-state index contributed by atoms with van der Waals surface area (Å²) in [4.78, 5) is 24.0. The third kappa shape index (κ3) is 18.5. The minimum Gasteiger partial charge on any atom is -0.481 e. The van der Waals surface area contributed by atoms with E-state index in [1.54, 1.807) is 0 Å². The van der Waals surface area contributed by atoms with Crippen LogP contribution in [-0.2, 0) is 14.3 Å². The van der Waals surface area contributed by atoms with Gasteiger partial charge in [-0.25, -0.2) is 0 Å². The number of ether oxygens (including phenoxy) is 1. The van der Waals surface area contributed by atoms with Crippen molar-refractivity contribution in [1.82, 2.24) is 0 Å². The van der Waals surface area contributed by atoms with Gasteiger partial charge in [0.05, 0.1) is 18.4 Å². The zero-order chi connectivity index (χ0) is 29.3. The summed E-state index contributed by atoms with van der Waals surface area (Å²) in [6.07, 6.45) is 25.2. The molecule has 0 aliphatic rings. The van der Waals surface area contributed by atoms with E-state index in [1.807, 2.05) is 32.0 Å². The molecule has 1 N–H and O–H groups in total. The lowest BCUT2D eigenvalue weighted by atomic mass is 9.85. The molecule has 0 heterocycles. The van der Waals surface area contributed by atoms with Crippen LogP contribution in [0.4, 0.5) is 0 Å². The Morgan fingerprint density at radius 1 is 0.675 bits per heavy atom. The Hall–Kier alpha value is -1.84. The summed E-state index contributed by atoms with van der Waals surface area (Å²) in [7, 11) is 0. The lowest BCUT2D eigenvalue weighted by molar-refractivity contribution is -0.148. The first kappa shape index (κ1) is 36.2. The first-order valence-electron chi connectivity index (χ1n) is 16.9. The van der Waals surface area contributed by atoms with Gasteiger partial charge in [0.2, 0.25) is 0 Å². The summed E-state index contributed by atoms with van der Waals surface area (Å²) in [6.45, 7) is 6.71. The highest BCUT2D eigenvalue weighted by Crippen LogP contribution is 2.30. The molecule has 0 aromatic heterocycles. The first-order chi connectivity index (χ1) is 19.5. The van der Waals surface area contributed by atoms with Crippen LogP contribution >= 0.6 is 0 Å². The zero-order valence-corrected chi connectivity index (χ0v) is 26.3. The second kappa shape index (κ2) is 24.9. The Morgan fingerprint density at radius 3 is 1.62 bits per heavy atom. The van der Waals surface area contributed by atoms with Gasteiger partial charge in [-0.3, -0.25) is 9.59 Å². The quantitative estimate of drug-likeness (QED) is 0.0861. The highest BCUT2D eigenvalue weighted by atomic mass is 16.5. The van der Waals surface area contributed by atoms with E-state index in [4.69, 9.17) is 4.74 Å². The molecule has 0 saturated heterocycles. The molecule has 0 saturated carbocycles. The number of benzene rings is 1. The van der Waals surface area contributed by atoms with E-state index in [0.29, 0.717) is 19.4 Å². The molecule has 230 valence electrons. The number of hydrogen-bond donors (Lipinski definition) is 1. The second-order valence-electron chi connectivity index (χ2n) is 12.1. The standard InChI is InChI=1S/C36H62O4/c1-4-6-7-8-9-10-11-12-13-14-15-16-17-18-19-23-30-40-36(39)31(3)26-27-34(33-24-21-20-22-25-33)29-28-32(5-2)35(37)38/h20-22,24-25,31-32,34H,4-19,23,26-30H2,1-3H3,(H,37,38). The first-order valence-corrected chi connectivity index (χ1v) is 16.9. The molecule has 0 amide bonds. The summed E-state index contributed by atoms with van der Waals surface area (Å²) in [6, 6.07) is 10.3. The van der Waals surface area contributed by atoms with Crippen LogP contribution in [-0.4, -0.2) is 23.7 Å². The molecule has 4 heteroatoms. The SMILES string of the molecule is CCCCCCCCCCCCCCCCCCOC(=O)C(C)CCC(CCC(CC)C(=O)O)c1ccccc1. The third-order valence-electron chi connectivity index (χ3n) is 8.57. The Bertz CT molecular complexity index is 732. The largest absolute Gasteiger partial charge is 0.481 e. The number of carbonyl (C=O) groups excluding carboxylic acids is 1. The number of carbonyl (C=O) groups is 2. The van der Waals surface area contributed by atoms with E-state index < -0.39 is 5.97 Å². The third-order valence-corrected chi connectivity index (χ3v) is 8.57. The predicted molar refractivity (Wildman–Crippen MR) is 169 cm³/mol. The Balaban J connectivity index is 2.10. The molecule has 40 heavy (non-hydrogen) atoms. The highest BCUT2D eigenvalue weighted by molar-refractivity contribution is 5.72. The number of carboxylic acid groups (broad SMARTS) is 1. The van der Waals surface area contributed by atoms with Crippen LogP contribution in [0.3, 0.4) is 0 Å². The average Bonchev–Trinajstić information content (AvgIpc) is 2.96. The molecule has 0 fully saturated rings. The Kier molecular flexibility index (Phi) is 22.5. The summed E-state index contributed by atoms with van der Waals surface area (Å²) < 4.78 is 5.59. The Morgan fingerprint density at radius 2 is 1.15 bits per heavy atom. The topological polar surface area (TPSA) is 63.6 Å². The molecule has 1 aromatic carbocycles. The van der Waals surface area contributed by atoms with Crippen molar-refractivity contribution in [3.05, 3.63) is 35.9 Å². The predicted octanol–water partition coefficient (Wildman–Crippen LogP) is 10.9. The average molecular weight is 559 g/mol. The van der Waals surface area contributed by atoms with Crippen molar-refractivity contribution in [3.63, 3.8) is 0 Å². The van der Waals surface area contributed by atoms with Crippen molar-refractivity contribution in [1.29, 1.82) is 0 Å². The van der Waals surface area contributed by atoms with Crippen LogP contribution in [0.1, 0.15) is 167 Å². The van der Waals surface area contributed by atoms with E-state index in [9.17, 15) is 14.7 Å². The number of rotatable bonds is 27. The van der Waals surface area contributed by atoms with Crippen LogP contribution in [0.15, 0.2) is 30.3 Å². The summed E-state index contributed by atoms with van der Waals surface area (Å²) in [5, 5.41) is 9.43. The number of esters is 1. The van der Waals surface area contributed by atoms with E-state index in [1.165, 1.54) is 95.5 Å². The maximum atomic E-state index is 12.6. The molecular formula is C36H62O4. The molecule has 4 nitrogen and oxygen atoms in total. The zero-order valence-electron chi connectivity index (χ0n) is 26.3. The van der Waals surface area contributed by atoms with Gasteiger partial charge in [0, 0.05) is 0 Å².